The van der Waals surface area contributed by atoms with E-state index >= 15 is 0 Å². The fraction of sp³-hybridized carbons (Fsp3) is 0.667. The highest BCUT2D eigenvalue weighted by Gasteiger charge is 2.44. The van der Waals surface area contributed by atoms with Crippen molar-refractivity contribution in [1.82, 2.24) is 14.3 Å². The summed E-state index contributed by atoms with van der Waals surface area (Å²) in [6.45, 7) is 2.04. The van der Waals surface area contributed by atoms with Crippen LogP contribution in [0.4, 0.5) is 0 Å². The number of rotatable bonds is 4. The van der Waals surface area contributed by atoms with Crippen molar-refractivity contribution in [3.8, 4) is 0 Å². The number of aryl methyl sites for hydroxylation is 1. The van der Waals surface area contributed by atoms with Gasteiger partial charge in [-0.3, -0.25) is 4.79 Å². The first-order valence-corrected chi connectivity index (χ1v) is 7.99. The molecule has 20 heavy (non-hydrogen) atoms. The Morgan fingerprint density at radius 1 is 1.50 bits per heavy atom. The predicted octanol–water partition coefficient (Wildman–Crippen LogP) is 0.732. The molecule has 7 nitrogen and oxygen atoms in total. The van der Waals surface area contributed by atoms with Crippen LogP contribution in [0.5, 0.6) is 0 Å². The average molecular weight is 301 g/mol. The number of sulfonamides is 1. The largest absolute Gasteiger partial charge is 0.480 e. The van der Waals surface area contributed by atoms with Crippen molar-refractivity contribution in [1.29, 1.82) is 0 Å². The summed E-state index contributed by atoms with van der Waals surface area (Å²) in [4.78, 5) is 15.3. The van der Waals surface area contributed by atoms with Crippen molar-refractivity contribution in [2.24, 2.45) is 13.0 Å². The third kappa shape index (κ3) is 2.85. The molecule has 1 saturated carbocycles. The van der Waals surface area contributed by atoms with E-state index in [1.165, 1.54) is 17.1 Å². The van der Waals surface area contributed by atoms with E-state index in [4.69, 9.17) is 0 Å². The van der Waals surface area contributed by atoms with Crippen LogP contribution in [0.2, 0.25) is 0 Å². The number of aromatic nitrogens is 2. The van der Waals surface area contributed by atoms with Gasteiger partial charge in [0.05, 0.1) is 6.33 Å². The summed E-state index contributed by atoms with van der Waals surface area (Å²) in [6, 6.07) is 0. The Kier molecular flexibility index (Phi) is 3.88. The van der Waals surface area contributed by atoms with Crippen molar-refractivity contribution in [3.63, 3.8) is 0 Å². The van der Waals surface area contributed by atoms with Gasteiger partial charge in [-0.15, -0.1) is 0 Å². The number of carboxylic acids is 1. The third-order valence-electron chi connectivity index (χ3n) is 3.82. The van der Waals surface area contributed by atoms with Gasteiger partial charge in [0.15, 0.2) is 5.03 Å². The monoisotopic (exact) mass is 301 g/mol. The van der Waals surface area contributed by atoms with Crippen LogP contribution >= 0.6 is 0 Å². The van der Waals surface area contributed by atoms with Crippen LogP contribution < -0.4 is 4.72 Å². The Bertz CT molecular complexity index is 600. The Morgan fingerprint density at radius 3 is 2.55 bits per heavy atom. The van der Waals surface area contributed by atoms with Gasteiger partial charge < -0.3 is 9.67 Å². The van der Waals surface area contributed by atoms with Crippen molar-refractivity contribution in [3.05, 3.63) is 12.5 Å². The van der Waals surface area contributed by atoms with Crippen molar-refractivity contribution in [2.75, 3.05) is 0 Å². The number of aliphatic carboxylic acids is 1. The summed E-state index contributed by atoms with van der Waals surface area (Å²) in [5.74, 6) is -0.703. The van der Waals surface area contributed by atoms with Crippen LogP contribution in [0.15, 0.2) is 17.6 Å². The van der Waals surface area contributed by atoms with Crippen LogP contribution in [-0.4, -0.2) is 34.6 Å². The fourth-order valence-electron chi connectivity index (χ4n) is 2.45. The number of imidazole rings is 1. The fourth-order valence-corrected chi connectivity index (χ4v) is 3.85. The second-order valence-electron chi connectivity index (χ2n) is 5.55. The molecule has 1 fully saturated rings. The van der Waals surface area contributed by atoms with Gasteiger partial charge in [-0.05, 0) is 31.6 Å². The summed E-state index contributed by atoms with van der Waals surface area (Å²) in [5.41, 5.74) is -1.41. The van der Waals surface area contributed by atoms with Gasteiger partial charge in [0, 0.05) is 13.2 Å². The Hall–Kier alpha value is -1.41. The zero-order valence-electron chi connectivity index (χ0n) is 11.5. The molecule has 1 aliphatic carbocycles. The molecular formula is C12H19N3O4S. The maximum absolute atomic E-state index is 12.3. The van der Waals surface area contributed by atoms with Gasteiger partial charge in [0.1, 0.15) is 5.54 Å². The van der Waals surface area contributed by atoms with E-state index in [1.807, 2.05) is 6.92 Å². The molecule has 1 aliphatic rings. The quantitative estimate of drug-likeness (QED) is 0.853. The molecule has 0 amide bonds. The van der Waals surface area contributed by atoms with Gasteiger partial charge in [-0.2, -0.15) is 4.72 Å². The van der Waals surface area contributed by atoms with E-state index in [1.54, 1.807) is 7.05 Å². The maximum atomic E-state index is 12.3. The van der Waals surface area contributed by atoms with Gasteiger partial charge in [-0.1, -0.05) is 6.92 Å². The van der Waals surface area contributed by atoms with Crippen molar-refractivity contribution >= 4 is 16.0 Å². The minimum absolute atomic E-state index is 0.153. The molecule has 0 aromatic carbocycles. The van der Waals surface area contributed by atoms with E-state index in [2.05, 4.69) is 9.71 Å². The first kappa shape index (κ1) is 15.0. The van der Waals surface area contributed by atoms with Crippen LogP contribution in [0.3, 0.4) is 0 Å². The van der Waals surface area contributed by atoms with E-state index in [0.717, 1.165) is 0 Å². The first-order chi connectivity index (χ1) is 9.25. The second-order valence-corrected chi connectivity index (χ2v) is 7.18. The van der Waals surface area contributed by atoms with Gasteiger partial charge in [0.25, 0.3) is 10.0 Å². The van der Waals surface area contributed by atoms with Crippen LogP contribution in [0.25, 0.3) is 0 Å². The molecule has 0 aliphatic heterocycles. The molecule has 1 heterocycles. The number of nitrogens with one attached hydrogen (secondary N) is 1. The van der Waals surface area contributed by atoms with E-state index in [0.29, 0.717) is 31.6 Å². The third-order valence-corrected chi connectivity index (χ3v) is 5.24. The topological polar surface area (TPSA) is 101 Å². The van der Waals surface area contributed by atoms with Crippen molar-refractivity contribution in [2.45, 2.75) is 43.2 Å². The summed E-state index contributed by atoms with van der Waals surface area (Å²) in [5, 5.41) is 9.28. The lowest BCUT2D eigenvalue weighted by atomic mass is 9.78. The lowest BCUT2D eigenvalue weighted by Crippen LogP contribution is -2.56. The maximum Gasteiger partial charge on any atom is 0.324 e. The number of hydrogen-bond donors (Lipinski definition) is 2. The van der Waals surface area contributed by atoms with Crippen LogP contribution in [-0.2, 0) is 21.9 Å². The predicted molar refractivity (Wildman–Crippen MR) is 71.5 cm³/mol. The number of nitrogens with zero attached hydrogens (tertiary/aromatic N) is 2. The molecule has 2 rings (SSSR count). The molecule has 8 heteroatoms. The molecule has 0 unspecified atom stereocenters. The van der Waals surface area contributed by atoms with Crippen LogP contribution in [0, 0.1) is 5.92 Å². The molecule has 1 aromatic rings. The van der Waals surface area contributed by atoms with E-state index < -0.39 is 21.5 Å². The SMILES string of the molecule is CC1CCC(NS(=O)(=O)c2cn(C)cn2)(C(=O)O)CC1. The highest BCUT2D eigenvalue weighted by molar-refractivity contribution is 7.89. The minimum atomic E-state index is -3.92. The van der Waals surface area contributed by atoms with Crippen LogP contribution in [0.1, 0.15) is 32.6 Å². The molecule has 0 saturated heterocycles. The normalized spacial score (nSPS) is 27.4. The molecule has 0 bridgehead atoms. The number of carbonyl (C=O) groups is 1. The highest BCUT2D eigenvalue weighted by atomic mass is 32.2. The Morgan fingerprint density at radius 2 is 2.10 bits per heavy atom. The summed E-state index contributed by atoms with van der Waals surface area (Å²) in [7, 11) is -2.27. The minimum Gasteiger partial charge on any atom is -0.480 e. The van der Waals surface area contributed by atoms with Gasteiger partial charge in [0.2, 0.25) is 0 Å². The van der Waals surface area contributed by atoms with E-state index in [9.17, 15) is 18.3 Å². The molecule has 2 N–H and O–H groups in total. The molecule has 0 atom stereocenters. The standard InChI is InChI=1S/C12H19N3O4S/c1-9-3-5-12(6-4-9,11(16)17)14-20(18,19)10-7-15(2)8-13-10/h7-9,14H,3-6H2,1-2H3,(H,16,17). The molecular weight excluding hydrogens is 282 g/mol. The molecule has 0 spiro atoms. The first-order valence-electron chi connectivity index (χ1n) is 6.50. The van der Waals surface area contributed by atoms with Crippen molar-refractivity contribution < 1.29 is 18.3 Å². The zero-order valence-corrected chi connectivity index (χ0v) is 12.4. The van der Waals surface area contributed by atoms with Gasteiger partial charge in [-0.25, -0.2) is 13.4 Å². The Labute approximate surface area is 118 Å². The Balaban J connectivity index is 2.27. The number of carboxylic acid groups (broad SMARTS) is 1. The average Bonchev–Trinajstić information content (AvgIpc) is 2.79. The number of hydrogen-bond acceptors (Lipinski definition) is 4. The summed E-state index contributed by atoms with van der Waals surface area (Å²) < 4.78 is 28.4. The van der Waals surface area contributed by atoms with E-state index in [-0.39, 0.29) is 5.03 Å². The molecule has 0 radical (unpaired) electrons. The lowest BCUT2D eigenvalue weighted by molar-refractivity contribution is -0.145. The summed E-state index contributed by atoms with van der Waals surface area (Å²) >= 11 is 0. The summed E-state index contributed by atoms with van der Waals surface area (Å²) in [6.07, 6.45) is 4.70. The zero-order chi connectivity index (χ0) is 15.0. The lowest BCUT2D eigenvalue weighted by Gasteiger charge is -2.35. The van der Waals surface area contributed by atoms with Gasteiger partial charge >= 0.3 is 5.97 Å². The second kappa shape index (κ2) is 5.17. The smallest absolute Gasteiger partial charge is 0.324 e. The molecule has 1 aromatic heterocycles. The highest BCUT2D eigenvalue weighted by Crippen LogP contribution is 2.33. The molecule has 112 valence electrons.